The van der Waals surface area contributed by atoms with Crippen molar-refractivity contribution < 1.29 is 37.1 Å². The topological polar surface area (TPSA) is 114 Å². The molecule has 0 aromatic heterocycles. The number of rotatable bonds is 5. The van der Waals surface area contributed by atoms with E-state index in [1.165, 1.54) is 0 Å². The van der Waals surface area contributed by atoms with E-state index in [4.69, 9.17) is 14.6 Å². The number of amides is 1. The van der Waals surface area contributed by atoms with Gasteiger partial charge in [0, 0.05) is 12.6 Å². The molecule has 0 aliphatic carbocycles. The first-order chi connectivity index (χ1) is 12.6. The van der Waals surface area contributed by atoms with Crippen LogP contribution in [0.15, 0.2) is 24.4 Å². The minimum atomic E-state index is -3.48. The van der Waals surface area contributed by atoms with Crippen LogP contribution in [0.1, 0.15) is 24.4 Å². The highest BCUT2D eigenvalue weighted by atomic mass is 19.2. The molecule has 2 aliphatic rings. The summed E-state index contributed by atoms with van der Waals surface area (Å²) in [6.07, 6.45) is -5.53. The third kappa shape index (κ3) is 4.14. The van der Waals surface area contributed by atoms with Gasteiger partial charge in [-0.2, -0.15) is 4.39 Å². The van der Waals surface area contributed by atoms with Crippen molar-refractivity contribution in [2.75, 3.05) is 6.56 Å². The van der Waals surface area contributed by atoms with Crippen molar-refractivity contribution in [3.8, 4) is 0 Å². The van der Waals surface area contributed by atoms with Gasteiger partial charge in [0.1, 0.15) is 18.0 Å². The van der Waals surface area contributed by atoms with Crippen LogP contribution in [-0.4, -0.2) is 52.6 Å². The van der Waals surface area contributed by atoms with E-state index in [2.05, 4.69) is 11.3 Å². The maximum atomic E-state index is 15.3. The molecule has 4 atom stereocenters. The Hall–Kier alpha value is -2.04. The Bertz CT molecular complexity index is 738. The number of ether oxygens (including phenoxy) is 2. The maximum Gasteiger partial charge on any atom is 0.323 e. The van der Waals surface area contributed by atoms with Gasteiger partial charge in [0.25, 0.3) is 5.91 Å². The number of carbonyl (C=O) groups is 2. The maximum absolute atomic E-state index is 15.3. The number of nitrogens with zero attached hydrogens (tertiary/aromatic N) is 1. The normalized spacial score (nSPS) is 36.3. The number of hydrogen-bond donors (Lipinski definition) is 3. The van der Waals surface area contributed by atoms with E-state index < -0.39 is 66.6 Å². The number of esters is 1. The SMILES string of the molecule is [2H]C([2H])(OC(=O)[C@@H](N)C(C)C)[C@]1(F)C[C@@H](O)[C@]([2H])(N2C=C(F)C(=O)NC2=C)O1. The predicted molar refractivity (Wildman–Crippen MR) is 81.4 cm³/mol. The third-order valence-corrected chi connectivity index (χ3v) is 3.55. The fraction of sp³-hybridized carbons (Fsp3) is 0.600. The summed E-state index contributed by atoms with van der Waals surface area (Å²) < 4.78 is 61.9. The lowest BCUT2D eigenvalue weighted by atomic mass is 10.1. The van der Waals surface area contributed by atoms with E-state index in [0.717, 1.165) is 0 Å². The number of hydrogen-bond acceptors (Lipinski definition) is 7. The standard InChI is InChI=1S/C15H21F2N3O5/c1-7(2)11(18)14(23)24-6-15(17)4-10(21)13(25-15)20-5-9(16)12(22)19-8(20)3/h5,7,10-11,13,21H,3-4,6,18H2,1-2H3,(H,19,22)/t10-,11+,13-,15+/m1/s1/i6D2,13D. The molecule has 0 unspecified atom stereocenters. The Labute approximate surface area is 147 Å². The lowest BCUT2D eigenvalue weighted by molar-refractivity contribution is -0.200. The third-order valence-electron chi connectivity index (χ3n) is 3.55. The van der Waals surface area contributed by atoms with E-state index >= 15 is 4.39 Å². The minimum absolute atomic E-state index is 0.413. The van der Waals surface area contributed by atoms with Gasteiger partial charge in [0.05, 0.1) is 4.11 Å². The van der Waals surface area contributed by atoms with Crippen LogP contribution in [0, 0.1) is 5.92 Å². The summed E-state index contributed by atoms with van der Waals surface area (Å²) in [7, 11) is 0. The van der Waals surface area contributed by atoms with Gasteiger partial charge in [0.15, 0.2) is 12.8 Å². The summed E-state index contributed by atoms with van der Waals surface area (Å²) in [5, 5.41) is 12.1. The van der Waals surface area contributed by atoms with Gasteiger partial charge >= 0.3 is 5.97 Å². The number of aliphatic hydroxyl groups is 1. The van der Waals surface area contributed by atoms with Crippen molar-refractivity contribution in [1.82, 2.24) is 10.2 Å². The molecular weight excluding hydrogens is 340 g/mol. The molecule has 25 heavy (non-hydrogen) atoms. The number of aliphatic hydroxyl groups excluding tert-OH is 1. The quantitative estimate of drug-likeness (QED) is 0.588. The second-order valence-electron chi connectivity index (χ2n) is 5.93. The van der Waals surface area contributed by atoms with Crippen LogP contribution in [0.25, 0.3) is 0 Å². The molecule has 0 bridgehead atoms. The van der Waals surface area contributed by atoms with E-state index in [1.54, 1.807) is 13.8 Å². The van der Waals surface area contributed by atoms with E-state index in [9.17, 15) is 19.1 Å². The summed E-state index contributed by atoms with van der Waals surface area (Å²) in [4.78, 5) is 23.7. The minimum Gasteiger partial charge on any atom is -0.458 e. The zero-order valence-corrected chi connectivity index (χ0v) is 13.6. The van der Waals surface area contributed by atoms with Crippen LogP contribution < -0.4 is 11.1 Å². The molecule has 4 N–H and O–H groups in total. The van der Waals surface area contributed by atoms with Gasteiger partial charge in [-0.25, -0.2) is 4.39 Å². The highest BCUT2D eigenvalue weighted by Gasteiger charge is 2.50. The second kappa shape index (κ2) is 7.06. The summed E-state index contributed by atoms with van der Waals surface area (Å²) in [6, 6.07) is -1.25. The molecule has 10 heteroatoms. The van der Waals surface area contributed by atoms with Gasteiger partial charge in [-0.3, -0.25) is 9.59 Å². The van der Waals surface area contributed by atoms with Crippen LogP contribution in [0.4, 0.5) is 8.78 Å². The van der Waals surface area contributed by atoms with Crippen molar-refractivity contribution in [1.29, 1.82) is 0 Å². The summed E-state index contributed by atoms with van der Waals surface area (Å²) in [5.41, 5.74) is 5.55. The molecule has 1 saturated heterocycles. The molecule has 2 aliphatic heterocycles. The first-order valence-electron chi connectivity index (χ1n) is 8.87. The molecule has 0 saturated carbocycles. The molecule has 0 aromatic rings. The fourth-order valence-electron chi connectivity index (χ4n) is 2.05. The molecule has 1 amide bonds. The number of halogens is 2. The van der Waals surface area contributed by atoms with E-state index in [0.29, 0.717) is 11.1 Å². The Balaban J connectivity index is 2.30. The van der Waals surface area contributed by atoms with Gasteiger partial charge in [-0.1, -0.05) is 20.4 Å². The largest absolute Gasteiger partial charge is 0.458 e. The van der Waals surface area contributed by atoms with Crippen molar-refractivity contribution in [3.05, 3.63) is 24.4 Å². The Morgan fingerprint density at radius 3 is 3.04 bits per heavy atom. The van der Waals surface area contributed by atoms with Crippen molar-refractivity contribution in [3.63, 3.8) is 0 Å². The predicted octanol–water partition coefficient (Wildman–Crippen LogP) is -0.000100. The zero-order chi connectivity index (χ0) is 21.7. The van der Waals surface area contributed by atoms with Crippen molar-refractivity contribution >= 4 is 11.9 Å². The second-order valence-corrected chi connectivity index (χ2v) is 5.93. The van der Waals surface area contributed by atoms with E-state index in [1.807, 2.05) is 5.32 Å². The van der Waals surface area contributed by atoms with Crippen LogP contribution in [0.5, 0.6) is 0 Å². The fourth-order valence-corrected chi connectivity index (χ4v) is 2.05. The molecule has 0 radical (unpaired) electrons. The lowest BCUT2D eigenvalue weighted by Gasteiger charge is -2.33. The highest BCUT2D eigenvalue weighted by Crippen LogP contribution is 2.36. The summed E-state index contributed by atoms with van der Waals surface area (Å²) in [6.45, 7) is 3.05. The van der Waals surface area contributed by atoms with Crippen LogP contribution >= 0.6 is 0 Å². The van der Waals surface area contributed by atoms with Crippen LogP contribution in [0.2, 0.25) is 0 Å². The number of nitrogens with one attached hydrogen (secondary N) is 1. The summed E-state index contributed by atoms with van der Waals surface area (Å²) >= 11 is 0. The molecule has 8 nitrogen and oxygen atoms in total. The van der Waals surface area contributed by atoms with Gasteiger partial charge in [0.2, 0.25) is 11.7 Å². The first kappa shape index (κ1) is 15.2. The molecule has 2 rings (SSSR count). The Morgan fingerprint density at radius 1 is 1.80 bits per heavy atom. The van der Waals surface area contributed by atoms with Crippen LogP contribution in [-0.2, 0) is 19.1 Å². The van der Waals surface area contributed by atoms with E-state index in [-0.39, 0.29) is 0 Å². The molecule has 2 heterocycles. The van der Waals surface area contributed by atoms with Crippen LogP contribution in [0.3, 0.4) is 0 Å². The van der Waals surface area contributed by atoms with Gasteiger partial charge in [-0.05, 0) is 5.92 Å². The van der Waals surface area contributed by atoms with Gasteiger partial charge < -0.3 is 30.5 Å². The Kier molecular flexibility index (Phi) is 4.30. The highest BCUT2D eigenvalue weighted by molar-refractivity contribution is 5.93. The number of alkyl halides is 1. The lowest BCUT2D eigenvalue weighted by Crippen LogP contribution is -2.46. The average Bonchev–Trinajstić information content (AvgIpc) is 2.81. The summed E-state index contributed by atoms with van der Waals surface area (Å²) in [5.74, 6) is -8.12. The van der Waals surface area contributed by atoms with Crippen molar-refractivity contribution in [2.45, 2.75) is 44.5 Å². The smallest absolute Gasteiger partial charge is 0.323 e. The number of carbonyl (C=O) groups excluding carboxylic acids is 2. The monoisotopic (exact) mass is 364 g/mol. The molecular formula is C15H21F2N3O5. The average molecular weight is 364 g/mol. The molecule has 140 valence electrons. The van der Waals surface area contributed by atoms with Crippen molar-refractivity contribution in [2.24, 2.45) is 11.7 Å². The zero-order valence-electron chi connectivity index (χ0n) is 16.6. The first-order valence-corrected chi connectivity index (χ1v) is 7.37. The Morgan fingerprint density at radius 2 is 2.44 bits per heavy atom. The molecule has 0 spiro atoms. The molecule has 0 aromatic carbocycles. The van der Waals surface area contributed by atoms with Gasteiger partial charge in [-0.15, -0.1) is 0 Å². The number of nitrogens with two attached hydrogens (primary N) is 1. The molecule has 1 fully saturated rings.